The first kappa shape index (κ1) is 8.53. The summed E-state index contributed by atoms with van der Waals surface area (Å²) in [6.45, 7) is 3.43. The fourth-order valence-corrected chi connectivity index (χ4v) is 1.61. The summed E-state index contributed by atoms with van der Waals surface area (Å²) < 4.78 is 0. The van der Waals surface area contributed by atoms with Gasteiger partial charge in [-0.05, 0) is 12.8 Å². The Kier molecular flexibility index (Phi) is 2.88. The van der Waals surface area contributed by atoms with E-state index in [2.05, 4.69) is 0 Å². The zero-order valence-corrected chi connectivity index (χ0v) is 7.05. The van der Waals surface area contributed by atoms with E-state index in [1.165, 1.54) is 0 Å². The number of nitrogens with zero attached hydrogens (tertiary/aromatic N) is 1. The second-order valence-corrected chi connectivity index (χ2v) is 2.97. The molecule has 1 atom stereocenters. The topological polar surface area (TPSA) is 46.3 Å². The van der Waals surface area contributed by atoms with Gasteiger partial charge in [-0.15, -0.1) is 0 Å². The zero-order chi connectivity index (χ0) is 8.27. The van der Waals surface area contributed by atoms with Gasteiger partial charge in [-0.2, -0.15) is 0 Å². The third-order valence-electron chi connectivity index (χ3n) is 2.27. The Morgan fingerprint density at radius 1 is 1.73 bits per heavy atom. The molecule has 0 radical (unpaired) electrons. The summed E-state index contributed by atoms with van der Waals surface area (Å²) >= 11 is 0. The fraction of sp³-hybridized carbons (Fsp3) is 0.875. The van der Waals surface area contributed by atoms with E-state index in [0.717, 1.165) is 19.4 Å². The molecule has 1 rings (SSSR count). The van der Waals surface area contributed by atoms with E-state index in [0.29, 0.717) is 19.0 Å². The Morgan fingerprint density at radius 2 is 2.45 bits per heavy atom. The summed E-state index contributed by atoms with van der Waals surface area (Å²) in [6, 6.07) is 0.322. The Labute approximate surface area is 67.5 Å². The first-order chi connectivity index (χ1) is 5.29. The van der Waals surface area contributed by atoms with Gasteiger partial charge in [-0.3, -0.25) is 4.79 Å². The SMILES string of the molecule is CCC(=O)N1CCC[C@H]1CN. The summed E-state index contributed by atoms with van der Waals surface area (Å²) in [5.74, 6) is 0.248. The molecule has 0 aromatic heterocycles. The molecule has 0 spiro atoms. The second kappa shape index (κ2) is 3.72. The Balaban J connectivity index is 2.49. The van der Waals surface area contributed by atoms with E-state index in [1.54, 1.807) is 0 Å². The molecule has 11 heavy (non-hydrogen) atoms. The number of rotatable bonds is 2. The lowest BCUT2D eigenvalue weighted by molar-refractivity contribution is -0.131. The van der Waals surface area contributed by atoms with Crippen LogP contribution in [-0.4, -0.2) is 29.9 Å². The minimum Gasteiger partial charge on any atom is -0.338 e. The van der Waals surface area contributed by atoms with Gasteiger partial charge in [-0.1, -0.05) is 6.92 Å². The number of amides is 1. The standard InChI is InChI=1S/C8H16N2O/c1-2-8(11)10-5-3-4-7(10)6-9/h7H,2-6,9H2,1H3/t7-/m0/s1. The van der Waals surface area contributed by atoms with Crippen molar-refractivity contribution in [3.63, 3.8) is 0 Å². The molecule has 0 aliphatic carbocycles. The van der Waals surface area contributed by atoms with E-state index < -0.39 is 0 Å². The molecular formula is C8H16N2O. The molecule has 0 saturated carbocycles. The lowest BCUT2D eigenvalue weighted by atomic mass is 10.2. The lowest BCUT2D eigenvalue weighted by Gasteiger charge is -2.22. The quantitative estimate of drug-likeness (QED) is 0.627. The highest BCUT2D eigenvalue weighted by Crippen LogP contribution is 2.16. The molecule has 2 N–H and O–H groups in total. The summed E-state index contributed by atoms with van der Waals surface area (Å²) in [4.78, 5) is 13.2. The predicted octanol–water partition coefficient (Wildman–Crippen LogP) is 0.346. The molecule has 1 heterocycles. The fourth-order valence-electron chi connectivity index (χ4n) is 1.61. The number of hydrogen-bond acceptors (Lipinski definition) is 2. The first-order valence-electron chi connectivity index (χ1n) is 4.29. The average molecular weight is 156 g/mol. The van der Waals surface area contributed by atoms with E-state index in [9.17, 15) is 4.79 Å². The molecule has 1 fully saturated rings. The van der Waals surface area contributed by atoms with Crippen LogP contribution in [0.15, 0.2) is 0 Å². The molecule has 3 nitrogen and oxygen atoms in total. The van der Waals surface area contributed by atoms with Gasteiger partial charge in [0.05, 0.1) is 0 Å². The molecule has 1 amide bonds. The van der Waals surface area contributed by atoms with Gasteiger partial charge in [-0.25, -0.2) is 0 Å². The molecule has 1 aliphatic heterocycles. The van der Waals surface area contributed by atoms with Crippen LogP contribution in [0.2, 0.25) is 0 Å². The van der Waals surface area contributed by atoms with Gasteiger partial charge in [0.25, 0.3) is 0 Å². The lowest BCUT2D eigenvalue weighted by Crippen LogP contribution is -2.39. The van der Waals surface area contributed by atoms with E-state index in [-0.39, 0.29) is 5.91 Å². The van der Waals surface area contributed by atoms with Crippen LogP contribution in [-0.2, 0) is 4.79 Å². The number of carbonyl (C=O) groups excluding carboxylic acids is 1. The van der Waals surface area contributed by atoms with Crippen LogP contribution in [0.3, 0.4) is 0 Å². The number of hydrogen-bond donors (Lipinski definition) is 1. The average Bonchev–Trinajstić information content (AvgIpc) is 2.50. The maximum atomic E-state index is 11.3. The van der Waals surface area contributed by atoms with E-state index >= 15 is 0 Å². The van der Waals surface area contributed by atoms with Crippen LogP contribution >= 0.6 is 0 Å². The highest BCUT2D eigenvalue weighted by Gasteiger charge is 2.25. The second-order valence-electron chi connectivity index (χ2n) is 2.97. The minimum absolute atomic E-state index is 0.248. The van der Waals surface area contributed by atoms with Gasteiger partial charge < -0.3 is 10.6 Å². The summed E-state index contributed by atoms with van der Waals surface area (Å²) in [5, 5.41) is 0. The Hall–Kier alpha value is -0.570. The van der Waals surface area contributed by atoms with Gasteiger partial charge in [0, 0.05) is 25.6 Å². The molecule has 1 aliphatic rings. The predicted molar refractivity (Wildman–Crippen MR) is 44.1 cm³/mol. The van der Waals surface area contributed by atoms with Crippen molar-refractivity contribution in [3.8, 4) is 0 Å². The molecule has 0 bridgehead atoms. The number of nitrogens with two attached hydrogens (primary N) is 1. The zero-order valence-electron chi connectivity index (χ0n) is 7.05. The monoisotopic (exact) mass is 156 g/mol. The van der Waals surface area contributed by atoms with Crippen molar-refractivity contribution in [1.82, 2.24) is 4.90 Å². The molecule has 0 aromatic rings. The van der Waals surface area contributed by atoms with Crippen LogP contribution in [0.5, 0.6) is 0 Å². The molecule has 3 heteroatoms. The van der Waals surface area contributed by atoms with Crippen LogP contribution in [0.25, 0.3) is 0 Å². The maximum absolute atomic E-state index is 11.3. The molecule has 1 saturated heterocycles. The largest absolute Gasteiger partial charge is 0.338 e. The highest BCUT2D eigenvalue weighted by atomic mass is 16.2. The van der Waals surface area contributed by atoms with Gasteiger partial charge in [0.1, 0.15) is 0 Å². The van der Waals surface area contributed by atoms with Gasteiger partial charge in [0.15, 0.2) is 0 Å². The third-order valence-corrected chi connectivity index (χ3v) is 2.27. The van der Waals surface area contributed by atoms with Gasteiger partial charge in [0.2, 0.25) is 5.91 Å². The van der Waals surface area contributed by atoms with Crippen LogP contribution in [0.1, 0.15) is 26.2 Å². The summed E-state index contributed by atoms with van der Waals surface area (Å²) in [5.41, 5.74) is 5.52. The maximum Gasteiger partial charge on any atom is 0.222 e. The number of carbonyl (C=O) groups is 1. The van der Waals surface area contributed by atoms with E-state index in [1.807, 2.05) is 11.8 Å². The molecule has 0 aromatic carbocycles. The smallest absolute Gasteiger partial charge is 0.222 e. The summed E-state index contributed by atoms with van der Waals surface area (Å²) in [6.07, 6.45) is 2.81. The molecular weight excluding hydrogens is 140 g/mol. The highest BCUT2D eigenvalue weighted by molar-refractivity contribution is 5.76. The van der Waals surface area contributed by atoms with Crippen molar-refractivity contribution in [1.29, 1.82) is 0 Å². The first-order valence-corrected chi connectivity index (χ1v) is 4.29. The van der Waals surface area contributed by atoms with Crippen molar-refractivity contribution < 1.29 is 4.79 Å². The third kappa shape index (κ3) is 1.71. The van der Waals surface area contributed by atoms with E-state index in [4.69, 9.17) is 5.73 Å². The van der Waals surface area contributed by atoms with Crippen LogP contribution in [0.4, 0.5) is 0 Å². The van der Waals surface area contributed by atoms with Crippen molar-refractivity contribution in [2.45, 2.75) is 32.2 Å². The van der Waals surface area contributed by atoms with Crippen molar-refractivity contribution in [2.75, 3.05) is 13.1 Å². The molecule has 64 valence electrons. The Morgan fingerprint density at radius 3 is 3.00 bits per heavy atom. The van der Waals surface area contributed by atoms with Gasteiger partial charge >= 0.3 is 0 Å². The van der Waals surface area contributed by atoms with Crippen LogP contribution in [0, 0.1) is 0 Å². The Bertz CT molecular complexity index is 147. The summed E-state index contributed by atoms with van der Waals surface area (Å²) in [7, 11) is 0. The van der Waals surface area contributed by atoms with Crippen LogP contribution < -0.4 is 5.73 Å². The van der Waals surface area contributed by atoms with Crippen molar-refractivity contribution in [3.05, 3.63) is 0 Å². The number of likely N-dealkylation sites (tertiary alicyclic amines) is 1. The minimum atomic E-state index is 0.248. The molecule has 0 unspecified atom stereocenters. The van der Waals surface area contributed by atoms with Crippen molar-refractivity contribution in [2.24, 2.45) is 5.73 Å². The van der Waals surface area contributed by atoms with Crippen molar-refractivity contribution >= 4 is 5.91 Å². The normalized spacial score (nSPS) is 24.2.